The zero-order valence-electron chi connectivity index (χ0n) is 33.5. The molecule has 13 rings (SSSR count). The molecule has 0 fully saturated rings. The van der Waals surface area contributed by atoms with Gasteiger partial charge in [-0.3, -0.25) is 0 Å². The lowest BCUT2D eigenvalue weighted by molar-refractivity contribution is 0.669. The van der Waals surface area contributed by atoms with Gasteiger partial charge in [0.1, 0.15) is 11.2 Å². The quantitative estimate of drug-likeness (QED) is 0.167. The van der Waals surface area contributed by atoms with Gasteiger partial charge in [-0.15, -0.1) is 11.3 Å². The van der Waals surface area contributed by atoms with Crippen molar-refractivity contribution in [2.75, 3.05) is 4.90 Å². The molecule has 3 nitrogen and oxygen atoms in total. The Labute approximate surface area is 361 Å². The molecule has 290 valence electrons. The molecule has 0 atom stereocenters. The average Bonchev–Trinajstić information content (AvgIpc) is 4.02. The number of hydrogen-bond donors (Lipinski definition) is 0. The molecule has 0 aliphatic heterocycles. The van der Waals surface area contributed by atoms with Gasteiger partial charge in [0.05, 0.1) is 16.7 Å². The number of fused-ring (bicyclic) bond motifs is 10. The maximum Gasteiger partial charge on any atom is 0.137 e. The van der Waals surface area contributed by atoms with E-state index < -0.39 is 0 Å². The standard InChI is InChI=1S/C58H36N2OS/c1-2-14-43-39(12-1)13-11-19-44(43)49-34-35-53(57-50-18-6-10-23-56(50)62-58(49)57)59(42-32-33-48-47-17-5-9-22-54(47)61-55(48)36-42)40-28-24-37(25-29-40)38-26-30-41(31-27-38)60-51-20-7-3-15-45(51)46-16-4-8-21-52(46)60/h1-36H. The summed E-state index contributed by atoms with van der Waals surface area (Å²) in [7, 11) is 0. The van der Waals surface area contributed by atoms with Gasteiger partial charge < -0.3 is 13.9 Å². The zero-order chi connectivity index (χ0) is 40.7. The molecular weight excluding hydrogens is 773 g/mol. The van der Waals surface area contributed by atoms with E-state index in [4.69, 9.17) is 4.42 Å². The van der Waals surface area contributed by atoms with Crippen LogP contribution in [0.5, 0.6) is 0 Å². The van der Waals surface area contributed by atoms with Crippen molar-refractivity contribution in [2.24, 2.45) is 0 Å². The predicted octanol–water partition coefficient (Wildman–Crippen LogP) is 17.0. The van der Waals surface area contributed by atoms with E-state index in [-0.39, 0.29) is 0 Å². The molecule has 3 heterocycles. The second kappa shape index (κ2) is 13.8. The van der Waals surface area contributed by atoms with Crippen LogP contribution in [0.2, 0.25) is 0 Å². The number of rotatable bonds is 6. The van der Waals surface area contributed by atoms with Crippen LogP contribution in [0.15, 0.2) is 223 Å². The fourth-order valence-corrected chi connectivity index (χ4v) is 11.0. The van der Waals surface area contributed by atoms with Crippen molar-refractivity contribution in [3.8, 4) is 27.9 Å². The minimum absolute atomic E-state index is 0.868. The highest BCUT2D eigenvalue weighted by molar-refractivity contribution is 7.26. The number of aromatic nitrogens is 1. The Kier molecular flexibility index (Phi) is 7.78. The lowest BCUT2D eigenvalue weighted by atomic mass is 9.95. The number of hydrogen-bond acceptors (Lipinski definition) is 3. The number of thiophene rings is 1. The normalized spacial score (nSPS) is 11.9. The summed E-state index contributed by atoms with van der Waals surface area (Å²) < 4.78 is 11.4. The second-order valence-electron chi connectivity index (χ2n) is 16.0. The Bertz CT molecular complexity index is 3810. The molecule has 10 aromatic carbocycles. The minimum atomic E-state index is 0.868. The zero-order valence-corrected chi connectivity index (χ0v) is 34.3. The van der Waals surface area contributed by atoms with Gasteiger partial charge in [-0.05, 0) is 94.2 Å². The first-order valence-corrected chi connectivity index (χ1v) is 21.9. The lowest BCUT2D eigenvalue weighted by Crippen LogP contribution is -2.10. The molecule has 0 aliphatic rings. The van der Waals surface area contributed by atoms with Crippen LogP contribution >= 0.6 is 11.3 Å². The Morgan fingerprint density at radius 1 is 0.403 bits per heavy atom. The number of nitrogens with zero attached hydrogens (tertiary/aromatic N) is 2. The Morgan fingerprint density at radius 2 is 1.00 bits per heavy atom. The smallest absolute Gasteiger partial charge is 0.137 e. The van der Waals surface area contributed by atoms with Gasteiger partial charge in [0.15, 0.2) is 0 Å². The van der Waals surface area contributed by atoms with E-state index in [1.54, 1.807) is 0 Å². The van der Waals surface area contributed by atoms with Crippen LogP contribution in [0, 0.1) is 0 Å². The van der Waals surface area contributed by atoms with E-state index in [0.29, 0.717) is 0 Å². The van der Waals surface area contributed by atoms with Crippen LogP contribution in [0.4, 0.5) is 17.1 Å². The molecule has 62 heavy (non-hydrogen) atoms. The van der Waals surface area contributed by atoms with Crippen LogP contribution in [0.1, 0.15) is 0 Å². The Morgan fingerprint density at radius 3 is 1.77 bits per heavy atom. The van der Waals surface area contributed by atoms with Crippen LogP contribution in [-0.2, 0) is 0 Å². The molecule has 0 spiro atoms. The first kappa shape index (κ1) is 34.9. The van der Waals surface area contributed by atoms with E-state index >= 15 is 0 Å². The van der Waals surface area contributed by atoms with Gasteiger partial charge in [0.2, 0.25) is 0 Å². The fraction of sp³-hybridized carbons (Fsp3) is 0. The van der Waals surface area contributed by atoms with E-state index in [9.17, 15) is 0 Å². The van der Waals surface area contributed by atoms with Gasteiger partial charge in [0.25, 0.3) is 0 Å². The number of para-hydroxylation sites is 3. The predicted molar refractivity (Wildman–Crippen MR) is 264 cm³/mol. The van der Waals surface area contributed by atoms with E-state index in [1.165, 1.54) is 69.4 Å². The molecule has 0 aliphatic carbocycles. The van der Waals surface area contributed by atoms with Gasteiger partial charge in [-0.1, -0.05) is 146 Å². The summed E-state index contributed by atoms with van der Waals surface area (Å²) in [5, 5.41) is 9.76. The van der Waals surface area contributed by atoms with Crippen LogP contribution in [0.25, 0.3) is 103 Å². The van der Waals surface area contributed by atoms with Crippen molar-refractivity contribution >= 4 is 103 Å². The fourth-order valence-electron chi connectivity index (χ4n) is 9.76. The number of anilines is 3. The van der Waals surface area contributed by atoms with Crippen molar-refractivity contribution in [1.29, 1.82) is 0 Å². The highest BCUT2D eigenvalue weighted by Crippen LogP contribution is 2.50. The van der Waals surface area contributed by atoms with Crippen molar-refractivity contribution in [2.45, 2.75) is 0 Å². The number of benzene rings is 10. The Hall–Kier alpha value is -7.92. The minimum Gasteiger partial charge on any atom is -0.456 e. The molecule has 0 radical (unpaired) electrons. The highest BCUT2D eigenvalue weighted by Gasteiger charge is 2.23. The summed E-state index contributed by atoms with van der Waals surface area (Å²) >= 11 is 1.87. The molecule has 0 N–H and O–H groups in total. The summed E-state index contributed by atoms with van der Waals surface area (Å²) in [6, 6.07) is 79.2. The third-order valence-corrected chi connectivity index (χ3v) is 13.8. The Balaban J connectivity index is 0.971. The highest BCUT2D eigenvalue weighted by atomic mass is 32.1. The van der Waals surface area contributed by atoms with Crippen molar-refractivity contribution in [3.05, 3.63) is 218 Å². The maximum atomic E-state index is 6.51. The first-order chi connectivity index (χ1) is 30.7. The molecule has 0 saturated carbocycles. The van der Waals surface area contributed by atoms with Crippen LogP contribution in [-0.4, -0.2) is 4.57 Å². The molecule has 3 aromatic heterocycles. The van der Waals surface area contributed by atoms with Crippen LogP contribution in [0.3, 0.4) is 0 Å². The van der Waals surface area contributed by atoms with E-state index in [2.05, 4.69) is 216 Å². The summed E-state index contributed by atoms with van der Waals surface area (Å²) in [4.78, 5) is 2.41. The van der Waals surface area contributed by atoms with Gasteiger partial charge in [-0.2, -0.15) is 0 Å². The van der Waals surface area contributed by atoms with Crippen molar-refractivity contribution in [3.63, 3.8) is 0 Å². The number of furan rings is 1. The lowest BCUT2D eigenvalue weighted by Gasteiger charge is -2.27. The van der Waals surface area contributed by atoms with Crippen LogP contribution < -0.4 is 4.90 Å². The molecular formula is C58H36N2OS. The molecule has 0 unspecified atom stereocenters. The second-order valence-corrected chi connectivity index (χ2v) is 17.1. The molecule has 0 saturated heterocycles. The van der Waals surface area contributed by atoms with Gasteiger partial charge in [0, 0.05) is 70.4 Å². The molecule has 0 amide bonds. The third kappa shape index (κ3) is 5.37. The molecule has 4 heteroatoms. The summed E-state index contributed by atoms with van der Waals surface area (Å²) in [6.07, 6.45) is 0. The van der Waals surface area contributed by atoms with Crippen molar-refractivity contribution in [1.82, 2.24) is 4.57 Å². The maximum absolute atomic E-state index is 6.51. The first-order valence-electron chi connectivity index (χ1n) is 21.1. The summed E-state index contributed by atoms with van der Waals surface area (Å²) in [5.74, 6) is 0. The molecule has 0 bridgehead atoms. The van der Waals surface area contributed by atoms with E-state index in [1.807, 2.05) is 23.5 Å². The largest absolute Gasteiger partial charge is 0.456 e. The average molecular weight is 809 g/mol. The third-order valence-electron chi connectivity index (χ3n) is 12.6. The summed E-state index contributed by atoms with van der Waals surface area (Å²) in [6.45, 7) is 0. The van der Waals surface area contributed by atoms with Gasteiger partial charge in [-0.25, -0.2) is 0 Å². The van der Waals surface area contributed by atoms with Gasteiger partial charge >= 0.3 is 0 Å². The monoisotopic (exact) mass is 808 g/mol. The van der Waals surface area contributed by atoms with Crippen molar-refractivity contribution < 1.29 is 4.42 Å². The SMILES string of the molecule is c1ccc2c(-c3ccc(N(c4ccc(-c5ccc(-n6c7ccccc7c7ccccc76)cc5)cc4)c4ccc5c(c4)oc4ccccc45)c4c3sc3ccccc34)cccc2c1. The van der Waals surface area contributed by atoms with E-state index in [0.717, 1.165) is 50.3 Å². The topological polar surface area (TPSA) is 21.3 Å². The molecule has 13 aromatic rings. The summed E-state index contributed by atoms with van der Waals surface area (Å²) in [5.41, 5.74) is 13.4.